The van der Waals surface area contributed by atoms with Gasteiger partial charge in [-0.2, -0.15) is 0 Å². The Hall–Kier alpha value is -3.17. The number of rotatable bonds is 7. The summed E-state index contributed by atoms with van der Waals surface area (Å²) in [5.41, 5.74) is 2.62. The lowest BCUT2D eigenvalue weighted by Gasteiger charge is -2.11. The summed E-state index contributed by atoms with van der Waals surface area (Å²) >= 11 is 1.56. The molecule has 0 saturated carbocycles. The largest absolute Gasteiger partial charge is 0.385 e. The number of imidazole rings is 1. The van der Waals surface area contributed by atoms with Crippen LogP contribution in [-0.4, -0.2) is 42.3 Å². The summed E-state index contributed by atoms with van der Waals surface area (Å²) in [5, 5.41) is 10.1. The fourth-order valence-electron chi connectivity index (χ4n) is 3.59. The van der Waals surface area contributed by atoms with Crippen LogP contribution in [0.4, 0.5) is 0 Å². The third-order valence-corrected chi connectivity index (χ3v) is 5.93. The Balaban J connectivity index is 1.56. The Morgan fingerprint density at radius 1 is 1.10 bits per heavy atom. The molecule has 5 rings (SSSR count). The molecule has 9 heteroatoms. The quantitative estimate of drug-likeness (QED) is 0.297. The zero-order chi connectivity index (χ0) is 20.5. The van der Waals surface area contributed by atoms with Gasteiger partial charge in [-0.3, -0.25) is 13.8 Å². The molecule has 4 heterocycles. The summed E-state index contributed by atoms with van der Waals surface area (Å²) in [7, 11) is 1.66. The number of para-hydroxylation sites is 1. The third kappa shape index (κ3) is 3.25. The molecule has 0 fully saturated rings. The number of nitrogens with zero attached hydrogens (tertiary/aromatic N) is 6. The van der Waals surface area contributed by atoms with Gasteiger partial charge in [-0.15, -0.1) is 10.2 Å². The lowest BCUT2D eigenvalue weighted by Crippen LogP contribution is -2.24. The van der Waals surface area contributed by atoms with Crippen LogP contribution in [0, 0.1) is 0 Å². The van der Waals surface area contributed by atoms with Crippen molar-refractivity contribution in [2.75, 3.05) is 13.7 Å². The summed E-state index contributed by atoms with van der Waals surface area (Å²) in [6.45, 7) is 1.10. The van der Waals surface area contributed by atoms with Crippen LogP contribution in [0.25, 0.3) is 22.3 Å². The summed E-state index contributed by atoms with van der Waals surface area (Å²) in [4.78, 5) is 17.7. The van der Waals surface area contributed by atoms with Crippen LogP contribution < -0.4 is 5.56 Å². The van der Waals surface area contributed by atoms with Gasteiger partial charge in [0.2, 0.25) is 5.78 Å². The van der Waals surface area contributed by atoms with E-state index in [1.807, 2.05) is 63.7 Å². The fourth-order valence-corrected chi connectivity index (χ4v) is 4.41. The molecule has 30 heavy (non-hydrogen) atoms. The molecule has 8 nitrogen and oxygen atoms in total. The number of benzene rings is 1. The van der Waals surface area contributed by atoms with Crippen LogP contribution in [0.3, 0.4) is 0 Å². The van der Waals surface area contributed by atoms with Crippen LogP contribution in [0.15, 0.2) is 64.8 Å². The van der Waals surface area contributed by atoms with Gasteiger partial charge >= 0.3 is 0 Å². The number of fused-ring (bicyclic) bond motifs is 4. The van der Waals surface area contributed by atoms with Gasteiger partial charge in [-0.05, 0) is 30.7 Å². The van der Waals surface area contributed by atoms with Gasteiger partial charge in [0.1, 0.15) is 5.65 Å². The predicted molar refractivity (Wildman–Crippen MR) is 116 cm³/mol. The molecular formula is C21H20N6O2S. The van der Waals surface area contributed by atoms with Crippen LogP contribution in [-0.2, 0) is 17.0 Å². The number of hydrogen-bond donors (Lipinski definition) is 0. The van der Waals surface area contributed by atoms with Gasteiger partial charge in [-0.1, -0.05) is 30.0 Å². The van der Waals surface area contributed by atoms with Gasteiger partial charge in [0.05, 0.1) is 16.6 Å². The summed E-state index contributed by atoms with van der Waals surface area (Å²) in [6, 6.07) is 13.5. The van der Waals surface area contributed by atoms with Gasteiger partial charge in [-0.25, -0.2) is 4.98 Å². The van der Waals surface area contributed by atoms with Gasteiger partial charge in [0, 0.05) is 38.4 Å². The maximum absolute atomic E-state index is 13.0. The fraction of sp³-hybridized carbons (Fsp3) is 0.238. The first-order valence-corrected chi connectivity index (χ1v) is 10.7. The Labute approximate surface area is 176 Å². The maximum atomic E-state index is 13.0. The lowest BCUT2D eigenvalue weighted by atomic mass is 10.2. The Kier molecular flexibility index (Phi) is 4.97. The van der Waals surface area contributed by atoms with Crippen LogP contribution in [0.5, 0.6) is 0 Å². The molecule has 0 aliphatic rings. The average Bonchev–Trinajstić information content (AvgIpc) is 3.38. The maximum Gasteiger partial charge on any atom is 0.262 e. The van der Waals surface area contributed by atoms with Crippen molar-refractivity contribution in [3.63, 3.8) is 0 Å². The first-order chi connectivity index (χ1) is 14.8. The Morgan fingerprint density at radius 2 is 1.97 bits per heavy atom. The standard InChI is InChI=1S/C21H20N6O2S/c1-29-12-6-11-26-19(28)16-7-2-3-8-17(16)27-20(26)23-24-21(27)30-14-15-13-25-10-5-4-9-18(25)22-15/h2-5,7-10,13H,6,11-12,14H2,1H3. The number of aryl methyl sites for hydroxylation is 1. The van der Waals surface area contributed by atoms with Crippen LogP contribution in [0.1, 0.15) is 12.1 Å². The van der Waals surface area contributed by atoms with Crippen LogP contribution >= 0.6 is 11.8 Å². The Bertz CT molecular complexity index is 1370. The molecule has 0 radical (unpaired) electrons. The van der Waals surface area contributed by atoms with E-state index in [2.05, 4.69) is 15.2 Å². The number of methoxy groups -OCH3 is 1. The van der Waals surface area contributed by atoms with Gasteiger partial charge < -0.3 is 9.14 Å². The first kappa shape index (κ1) is 18.8. The van der Waals surface area contributed by atoms with Crippen LogP contribution in [0.2, 0.25) is 0 Å². The number of pyridine rings is 1. The topological polar surface area (TPSA) is 78.7 Å². The first-order valence-electron chi connectivity index (χ1n) is 9.67. The second-order valence-electron chi connectivity index (χ2n) is 6.93. The van der Waals surface area contributed by atoms with Crippen molar-refractivity contribution in [2.45, 2.75) is 23.9 Å². The van der Waals surface area contributed by atoms with E-state index in [9.17, 15) is 4.79 Å². The zero-order valence-electron chi connectivity index (χ0n) is 16.4. The molecule has 0 aliphatic heterocycles. The second kappa shape index (κ2) is 7.92. The molecule has 0 amide bonds. The molecule has 0 aliphatic carbocycles. The molecule has 0 spiro atoms. The monoisotopic (exact) mass is 420 g/mol. The molecular weight excluding hydrogens is 400 g/mol. The van der Waals surface area contributed by atoms with E-state index in [0.717, 1.165) is 28.4 Å². The molecule has 0 atom stereocenters. The zero-order valence-corrected chi connectivity index (χ0v) is 17.2. The Morgan fingerprint density at radius 3 is 2.83 bits per heavy atom. The molecule has 5 aromatic rings. The second-order valence-corrected chi connectivity index (χ2v) is 7.87. The lowest BCUT2D eigenvalue weighted by molar-refractivity contribution is 0.190. The van der Waals surface area contributed by atoms with E-state index in [1.54, 1.807) is 23.4 Å². The minimum atomic E-state index is -0.0569. The number of ether oxygens (including phenoxy) is 1. The molecule has 0 bridgehead atoms. The van der Waals surface area contributed by atoms with Crippen molar-refractivity contribution in [2.24, 2.45) is 0 Å². The third-order valence-electron chi connectivity index (χ3n) is 4.97. The molecule has 1 aromatic carbocycles. The highest BCUT2D eigenvalue weighted by Crippen LogP contribution is 2.24. The van der Waals surface area contributed by atoms with E-state index in [1.165, 1.54) is 0 Å². The van der Waals surface area contributed by atoms with E-state index in [-0.39, 0.29) is 5.56 Å². The smallest absolute Gasteiger partial charge is 0.262 e. The van der Waals surface area contributed by atoms with E-state index < -0.39 is 0 Å². The van der Waals surface area contributed by atoms with E-state index >= 15 is 0 Å². The van der Waals surface area contributed by atoms with Crippen molar-refractivity contribution in [1.29, 1.82) is 0 Å². The summed E-state index contributed by atoms with van der Waals surface area (Å²) in [5.74, 6) is 1.20. The number of aromatic nitrogens is 6. The molecule has 0 N–H and O–H groups in total. The molecule has 0 unspecified atom stereocenters. The predicted octanol–water partition coefficient (Wildman–Crippen LogP) is 3.02. The molecule has 0 saturated heterocycles. The highest BCUT2D eigenvalue weighted by molar-refractivity contribution is 7.98. The molecule has 152 valence electrons. The number of hydrogen-bond acceptors (Lipinski definition) is 6. The highest BCUT2D eigenvalue weighted by atomic mass is 32.2. The summed E-state index contributed by atoms with van der Waals surface area (Å²) in [6.07, 6.45) is 4.72. The summed E-state index contributed by atoms with van der Waals surface area (Å²) < 4.78 is 10.8. The van der Waals surface area contributed by atoms with Gasteiger partial charge in [0.25, 0.3) is 5.56 Å². The minimum absolute atomic E-state index is 0.0569. The van der Waals surface area contributed by atoms with Crippen molar-refractivity contribution >= 4 is 34.1 Å². The van der Waals surface area contributed by atoms with Crippen molar-refractivity contribution in [1.82, 2.24) is 28.5 Å². The van der Waals surface area contributed by atoms with E-state index in [0.29, 0.717) is 30.1 Å². The van der Waals surface area contributed by atoms with Crippen molar-refractivity contribution in [3.8, 4) is 0 Å². The van der Waals surface area contributed by atoms with Crippen molar-refractivity contribution < 1.29 is 4.74 Å². The van der Waals surface area contributed by atoms with Crippen molar-refractivity contribution in [3.05, 3.63) is 70.9 Å². The minimum Gasteiger partial charge on any atom is -0.385 e. The average molecular weight is 420 g/mol. The van der Waals surface area contributed by atoms with Gasteiger partial charge in [0.15, 0.2) is 5.16 Å². The molecule has 4 aromatic heterocycles. The number of thioether (sulfide) groups is 1. The van der Waals surface area contributed by atoms with E-state index in [4.69, 9.17) is 4.74 Å². The highest BCUT2D eigenvalue weighted by Gasteiger charge is 2.17. The normalized spacial score (nSPS) is 11.8. The SMILES string of the molecule is COCCCn1c(=O)c2ccccc2n2c(SCc3cn4ccccc4n3)nnc12.